The van der Waals surface area contributed by atoms with Crippen molar-refractivity contribution in [3.05, 3.63) is 64.2 Å². The van der Waals surface area contributed by atoms with Gasteiger partial charge in [-0.2, -0.15) is 0 Å². The van der Waals surface area contributed by atoms with E-state index < -0.39 is 68.5 Å². The van der Waals surface area contributed by atoms with Gasteiger partial charge in [-0.3, -0.25) is 0 Å². The van der Waals surface area contributed by atoms with Crippen LogP contribution in [0.1, 0.15) is 33.9 Å². The molecule has 39 heavy (non-hydrogen) atoms. The molecule has 12 nitrogen and oxygen atoms in total. The van der Waals surface area contributed by atoms with Crippen molar-refractivity contribution < 1.29 is 50.4 Å². The second-order valence-electron chi connectivity index (χ2n) is 9.97. The van der Waals surface area contributed by atoms with Crippen molar-refractivity contribution in [2.45, 2.75) is 55.8 Å². The van der Waals surface area contributed by atoms with Gasteiger partial charge >= 0.3 is 6.03 Å². The van der Waals surface area contributed by atoms with Gasteiger partial charge in [0.05, 0.1) is 26.4 Å². The Labute approximate surface area is 226 Å². The minimum Gasteiger partial charge on any atom is -0.508 e. The number of hydrogen-bond acceptors (Lipinski definition) is 10. The molecule has 1 fully saturated rings. The lowest BCUT2D eigenvalue weighted by Gasteiger charge is -2.40. The standard InChI is InChI=1S/C27H38N2O10/c1-15-8-20(34)19(25-24(37)23(36)22(35)21(11-30)39-25)10-18(15)9-17-4-2-16(3-5-17)6-7-28-26(38)29-27(12-31,13-32)14-33/h2-5,8,10,21-25,30-37H,6-7,9,11-14H2,1H3,(H2,28,29,38)/t21-,22-,23?,24-,25+/m1/s1. The van der Waals surface area contributed by atoms with Crippen LogP contribution >= 0.6 is 0 Å². The molecule has 3 rings (SSSR count). The lowest BCUT2D eigenvalue weighted by Crippen LogP contribution is -2.59. The summed E-state index contributed by atoms with van der Waals surface area (Å²) in [6.07, 6.45) is -5.80. The lowest BCUT2D eigenvalue weighted by atomic mass is 9.88. The fourth-order valence-electron chi connectivity index (χ4n) is 4.45. The fraction of sp³-hybridized carbons (Fsp3) is 0.519. The molecule has 1 unspecified atom stereocenters. The Morgan fingerprint density at radius 2 is 1.54 bits per heavy atom. The zero-order valence-electron chi connectivity index (χ0n) is 21.7. The van der Waals surface area contributed by atoms with Crippen LogP contribution in [0.5, 0.6) is 5.75 Å². The average Bonchev–Trinajstić information content (AvgIpc) is 2.93. The van der Waals surface area contributed by atoms with E-state index in [0.717, 1.165) is 22.3 Å². The van der Waals surface area contributed by atoms with Gasteiger partial charge in [0.25, 0.3) is 0 Å². The van der Waals surface area contributed by atoms with Crippen LogP contribution in [0.4, 0.5) is 4.79 Å². The molecule has 2 aromatic carbocycles. The highest BCUT2D eigenvalue weighted by molar-refractivity contribution is 5.74. The van der Waals surface area contributed by atoms with Crippen LogP contribution in [-0.2, 0) is 17.6 Å². The first kappa shape index (κ1) is 30.7. The third-order valence-corrected chi connectivity index (χ3v) is 7.09. The summed E-state index contributed by atoms with van der Waals surface area (Å²) in [6.45, 7) is -0.292. The predicted molar refractivity (Wildman–Crippen MR) is 139 cm³/mol. The number of phenols is 1. The third kappa shape index (κ3) is 7.24. The van der Waals surface area contributed by atoms with Crippen LogP contribution in [-0.4, -0.2) is 110 Å². The fourth-order valence-corrected chi connectivity index (χ4v) is 4.45. The summed E-state index contributed by atoms with van der Waals surface area (Å²) >= 11 is 0. The number of aliphatic hydroxyl groups is 7. The van der Waals surface area contributed by atoms with Gasteiger partial charge in [0, 0.05) is 12.1 Å². The smallest absolute Gasteiger partial charge is 0.315 e. The number of rotatable bonds is 11. The van der Waals surface area contributed by atoms with Crippen molar-refractivity contribution in [3.63, 3.8) is 0 Å². The van der Waals surface area contributed by atoms with E-state index in [1.165, 1.54) is 6.07 Å². The number of urea groups is 1. The van der Waals surface area contributed by atoms with Crippen molar-refractivity contribution in [3.8, 4) is 5.75 Å². The number of carbonyl (C=O) groups is 1. The monoisotopic (exact) mass is 550 g/mol. The molecule has 0 aromatic heterocycles. The van der Waals surface area contributed by atoms with Gasteiger partial charge in [0.2, 0.25) is 0 Å². The molecule has 0 aliphatic carbocycles. The molecule has 1 heterocycles. The van der Waals surface area contributed by atoms with Crippen LogP contribution in [0.3, 0.4) is 0 Å². The average molecular weight is 551 g/mol. The molecular weight excluding hydrogens is 512 g/mol. The highest BCUT2D eigenvalue weighted by Crippen LogP contribution is 2.38. The van der Waals surface area contributed by atoms with Gasteiger partial charge in [0.15, 0.2) is 0 Å². The van der Waals surface area contributed by atoms with Crippen molar-refractivity contribution in [1.82, 2.24) is 10.6 Å². The Bertz CT molecular complexity index is 1080. The maximum absolute atomic E-state index is 12.0. The van der Waals surface area contributed by atoms with E-state index in [-0.39, 0.29) is 17.9 Å². The summed E-state index contributed by atoms with van der Waals surface area (Å²) < 4.78 is 5.62. The molecule has 10 N–H and O–H groups in total. The molecule has 2 aromatic rings. The van der Waals surface area contributed by atoms with Crippen LogP contribution in [0, 0.1) is 6.92 Å². The first-order valence-electron chi connectivity index (χ1n) is 12.7. The first-order valence-corrected chi connectivity index (χ1v) is 12.7. The molecular formula is C27H38N2O10. The molecule has 0 spiro atoms. The second kappa shape index (κ2) is 13.5. The van der Waals surface area contributed by atoms with Crippen molar-refractivity contribution in [2.75, 3.05) is 33.0 Å². The van der Waals surface area contributed by atoms with Crippen LogP contribution < -0.4 is 10.6 Å². The summed E-state index contributed by atoms with van der Waals surface area (Å²) in [7, 11) is 0. The van der Waals surface area contributed by atoms with E-state index in [9.17, 15) is 45.6 Å². The molecule has 0 saturated carbocycles. The van der Waals surface area contributed by atoms with Gasteiger partial charge in [0.1, 0.15) is 41.8 Å². The largest absolute Gasteiger partial charge is 0.508 e. The van der Waals surface area contributed by atoms with E-state index >= 15 is 0 Å². The Balaban J connectivity index is 1.64. The lowest BCUT2D eigenvalue weighted by molar-refractivity contribution is -0.232. The summed E-state index contributed by atoms with van der Waals surface area (Å²) in [5.74, 6) is -0.137. The number of nitrogens with one attached hydrogen (secondary N) is 2. The van der Waals surface area contributed by atoms with Gasteiger partial charge in [-0.05, 0) is 54.2 Å². The van der Waals surface area contributed by atoms with E-state index in [0.29, 0.717) is 12.8 Å². The van der Waals surface area contributed by atoms with Crippen LogP contribution in [0.25, 0.3) is 0 Å². The van der Waals surface area contributed by atoms with Crippen LogP contribution in [0.2, 0.25) is 0 Å². The molecule has 0 bridgehead atoms. The molecule has 2 amide bonds. The van der Waals surface area contributed by atoms with Gasteiger partial charge in [-0.25, -0.2) is 4.79 Å². The number of phenolic OH excluding ortho intramolecular Hbond substituents is 1. The van der Waals surface area contributed by atoms with Crippen LogP contribution in [0.15, 0.2) is 36.4 Å². The van der Waals surface area contributed by atoms with E-state index in [1.807, 2.05) is 31.2 Å². The Hall–Kier alpha value is -2.81. The maximum Gasteiger partial charge on any atom is 0.315 e. The molecule has 1 aliphatic heterocycles. The number of benzene rings is 2. The summed E-state index contributed by atoms with van der Waals surface area (Å²) in [5, 5.41) is 83.6. The number of aryl methyl sites for hydroxylation is 1. The normalized spacial score (nSPS) is 23.4. The third-order valence-electron chi connectivity index (χ3n) is 7.09. The van der Waals surface area contributed by atoms with E-state index in [2.05, 4.69) is 10.6 Å². The predicted octanol–water partition coefficient (Wildman–Crippen LogP) is -1.64. The Morgan fingerprint density at radius 1 is 0.923 bits per heavy atom. The minimum atomic E-state index is -1.56. The minimum absolute atomic E-state index is 0.137. The molecule has 0 radical (unpaired) electrons. The number of hydrogen-bond donors (Lipinski definition) is 10. The van der Waals surface area contributed by atoms with Crippen molar-refractivity contribution in [1.29, 1.82) is 0 Å². The maximum atomic E-state index is 12.0. The second-order valence-corrected chi connectivity index (χ2v) is 9.97. The quantitative estimate of drug-likeness (QED) is 0.154. The van der Waals surface area contributed by atoms with Crippen molar-refractivity contribution in [2.24, 2.45) is 0 Å². The highest BCUT2D eigenvalue weighted by atomic mass is 16.5. The molecule has 216 valence electrons. The zero-order chi connectivity index (χ0) is 28.7. The number of aliphatic hydroxyl groups excluding tert-OH is 7. The summed E-state index contributed by atoms with van der Waals surface area (Å²) in [4.78, 5) is 12.0. The number of carbonyl (C=O) groups excluding carboxylic acids is 1. The number of ether oxygens (including phenoxy) is 1. The number of aromatic hydroxyl groups is 1. The van der Waals surface area contributed by atoms with Gasteiger partial charge in [-0.15, -0.1) is 0 Å². The van der Waals surface area contributed by atoms with Gasteiger partial charge in [-0.1, -0.05) is 24.3 Å². The SMILES string of the molecule is Cc1cc(O)c([C@@H]2O[C@H](CO)[C@@H](O)C(O)[C@H]2O)cc1Cc1ccc(CCNC(=O)NC(CO)(CO)CO)cc1. The summed E-state index contributed by atoms with van der Waals surface area (Å²) in [5.41, 5.74) is 2.27. The molecule has 5 atom stereocenters. The Morgan fingerprint density at radius 3 is 2.13 bits per heavy atom. The first-order chi connectivity index (χ1) is 18.6. The Kier molecular flexibility index (Phi) is 10.6. The number of amides is 2. The molecule has 1 saturated heterocycles. The van der Waals surface area contributed by atoms with Gasteiger partial charge < -0.3 is 56.2 Å². The zero-order valence-corrected chi connectivity index (χ0v) is 21.7. The summed E-state index contributed by atoms with van der Waals surface area (Å²) in [6, 6.07) is 10.2. The molecule has 12 heteroatoms. The topological polar surface area (TPSA) is 212 Å². The highest BCUT2D eigenvalue weighted by Gasteiger charge is 2.44. The molecule has 1 aliphatic rings. The van der Waals surface area contributed by atoms with E-state index in [1.54, 1.807) is 6.07 Å². The van der Waals surface area contributed by atoms with Crippen molar-refractivity contribution >= 4 is 6.03 Å². The van der Waals surface area contributed by atoms with E-state index in [4.69, 9.17) is 4.74 Å².